The zero-order chi connectivity index (χ0) is 20.3. The van der Waals surface area contributed by atoms with Gasteiger partial charge in [-0.25, -0.2) is 4.79 Å². The number of benzene rings is 1. The molecule has 1 saturated heterocycles. The molecule has 7 nitrogen and oxygen atoms in total. The third kappa shape index (κ3) is 4.65. The van der Waals surface area contributed by atoms with Crippen molar-refractivity contribution in [3.63, 3.8) is 0 Å². The summed E-state index contributed by atoms with van der Waals surface area (Å²) in [7, 11) is 0. The fourth-order valence-electron chi connectivity index (χ4n) is 3.29. The van der Waals surface area contributed by atoms with Crippen LogP contribution in [0.2, 0.25) is 5.02 Å². The predicted octanol–water partition coefficient (Wildman–Crippen LogP) is 3.10. The first kappa shape index (κ1) is 20.2. The van der Waals surface area contributed by atoms with Crippen LogP contribution >= 0.6 is 11.6 Å². The smallest absolute Gasteiger partial charge is 0.317 e. The minimum atomic E-state index is -0.125. The molecule has 1 N–H and O–H groups in total. The van der Waals surface area contributed by atoms with Crippen LogP contribution in [0.4, 0.5) is 4.79 Å². The van der Waals surface area contributed by atoms with E-state index in [0.29, 0.717) is 37.0 Å². The molecule has 28 heavy (non-hydrogen) atoms. The van der Waals surface area contributed by atoms with Gasteiger partial charge in [0.1, 0.15) is 5.76 Å². The quantitative estimate of drug-likeness (QED) is 0.849. The lowest BCUT2D eigenvalue weighted by Gasteiger charge is -2.35. The number of urea groups is 1. The molecule has 1 aromatic carbocycles. The summed E-state index contributed by atoms with van der Waals surface area (Å²) in [4.78, 5) is 28.6. The summed E-state index contributed by atoms with van der Waals surface area (Å²) in [6.45, 7) is 7.63. The topological polar surface area (TPSA) is 78.7 Å². The zero-order valence-corrected chi connectivity index (χ0v) is 17.1. The molecule has 1 unspecified atom stereocenters. The van der Waals surface area contributed by atoms with Crippen molar-refractivity contribution in [2.24, 2.45) is 0 Å². The van der Waals surface area contributed by atoms with Gasteiger partial charge in [-0.05, 0) is 38.5 Å². The molecule has 1 aliphatic rings. The number of carbonyl (C=O) groups excluding carboxylic acids is 2. The highest BCUT2D eigenvalue weighted by molar-refractivity contribution is 6.30. The van der Waals surface area contributed by atoms with Gasteiger partial charge in [-0.15, -0.1) is 0 Å². The first-order valence-electron chi connectivity index (χ1n) is 9.35. The molecule has 3 rings (SSSR count). The molecule has 0 bridgehead atoms. The number of hydrogen-bond acceptors (Lipinski definition) is 4. The summed E-state index contributed by atoms with van der Waals surface area (Å²) in [6, 6.07) is 7.17. The number of aromatic nitrogens is 1. The van der Waals surface area contributed by atoms with Crippen molar-refractivity contribution >= 4 is 23.5 Å². The van der Waals surface area contributed by atoms with Gasteiger partial charge in [-0.2, -0.15) is 0 Å². The van der Waals surface area contributed by atoms with Crippen molar-refractivity contribution in [1.29, 1.82) is 0 Å². The van der Waals surface area contributed by atoms with Crippen LogP contribution in [-0.2, 0) is 11.2 Å². The molecular formula is C20H25ClN4O3. The average molecular weight is 405 g/mol. The van der Waals surface area contributed by atoms with Gasteiger partial charge < -0.3 is 19.6 Å². The monoisotopic (exact) mass is 404 g/mol. The molecule has 2 heterocycles. The molecular weight excluding hydrogens is 380 g/mol. The van der Waals surface area contributed by atoms with E-state index < -0.39 is 0 Å². The Morgan fingerprint density at radius 2 is 1.75 bits per heavy atom. The number of carbonyl (C=O) groups is 2. The highest BCUT2D eigenvalue weighted by Crippen LogP contribution is 2.17. The second-order valence-corrected chi connectivity index (χ2v) is 7.51. The first-order valence-corrected chi connectivity index (χ1v) is 9.73. The first-order chi connectivity index (χ1) is 13.3. The maximum atomic E-state index is 12.6. The van der Waals surface area contributed by atoms with E-state index in [4.69, 9.17) is 16.1 Å². The summed E-state index contributed by atoms with van der Waals surface area (Å²) in [5.41, 5.74) is 2.59. The summed E-state index contributed by atoms with van der Waals surface area (Å²) >= 11 is 5.91. The molecule has 1 aliphatic heterocycles. The van der Waals surface area contributed by atoms with E-state index in [1.165, 1.54) is 0 Å². The van der Waals surface area contributed by atoms with Gasteiger partial charge in [0.2, 0.25) is 5.91 Å². The fraction of sp³-hybridized carbons (Fsp3) is 0.450. The maximum Gasteiger partial charge on any atom is 0.317 e. The van der Waals surface area contributed by atoms with Crippen LogP contribution in [0, 0.1) is 13.8 Å². The third-order valence-corrected chi connectivity index (χ3v) is 5.39. The molecule has 150 valence electrons. The molecule has 1 aromatic heterocycles. The summed E-state index contributed by atoms with van der Waals surface area (Å²) < 4.78 is 5.12. The van der Waals surface area contributed by atoms with E-state index in [1.807, 2.05) is 45.0 Å². The van der Waals surface area contributed by atoms with Gasteiger partial charge in [-0.3, -0.25) is 4.79 Å². The van der Waals surface area contributed by atoms with Gasteiger partial charge >= 0.3 is 6.03 Å². The Labute approximate surface area is 169 Å². The van der Waals surface area contributed by atoms with Gasteiger partial charge in [0.15, 0.2) is 0 Å². The number of piperazine rings is 1. The number of hydrogen-bond donors (Lipinski definition) is 1. The van der Waals surface area contributed by atoms with Gasteiger partial charge in [0, 0.05) is 36.8 Å². The van der Waals surface area contributed by atoms with Crippen molar-refractivity contribution in [2.75, 3.05) is 26.2 Å². The lowest BCUT2D eigenvalue weighted by atomic mass is 10.1. The molecule has 0 spiro atoms. The van der Waals surface area contributed by atoms with Crippen LogP contribution in [0.3, 0.4) is 0 Å². The van der Waals surface area contributed by atoms with Gasteiger partial charge in [0.25, 0.3) is 0 Å². The number of rotatable bonds is 4. The van der Waals surface area contributed by atoms with Crippen LogP contribution < -0.4 is 5.32 Å². The van der Waals surface area contributed by atoms with E-state index in [-0.39, 0.29) is 24.4 Å². The van der Waals surface area contributed by atoms with Crippen LogP contribution in [0.15, 0.2) is 28.8 Å². The van der Waals surface area contributed by atoms with Crippen LogP contribution in [0.25, 0.3) is 0 Å². The average Bonchev–Trinajstić information content (AvgIpc) is 3.00. The van der Waals surface area contributed by atoms with E-state index in [2.05, 4.69) is 10.5 Å². The lowest BCUT2D eigenvalue weighted by Crippen LogP contribution is -2.53. The Morgan fingerprint density at radius 1 is 1.14 bits per heavy atom. The molecule has 0 saturated carbocycles. The summed E-state index contributed by atoms with van der Waals surface area (Å²) in [5, 5.41) is 7.56. The fourth-order valence-corrected chi connectivity index (χ4v) is 3.41. The predicted molar refractivity (Wildman–Crippen MR) is 106 cm³/mol. The standard InChI is InChI=1S/C20H25ClN4O3/c1-13(16-4-6-17(21)7-5-16)22-20(27)25-10-8-24(9-11-25)19(26)12-18-14(2)23-28-15(18)3/h4-7,13H,8-12H2,1-3H3,(H,22,27). The normalized spacial score (nSPS) is 15.4. The molecule has 1 fully saturated rings. The highest BCUT2D eigenvalue weighted by atomic mass is 35.5. The summed E-state index contributed by atoms with van der Waals surface area (Å²) in [6.07, 6.45) is 0.279. The van der Waals surface area contributed by atoms with Crippen LogP contribution in [0.5, 0.6) is 0 Å². The van der Waals surface area contributed by atoms with Crippen molar-refractivity contribution in [3.8, 4) is 0 Å². The van der Waals surface area contributed by atoms with E-state index in [1.54, 1.807) is 9.80 Å². The number of nitrogens with one attached hydrogen (secondary N) is 1. The number of aryl methyl sites for hydroxylation is 2. The summed E-state index contributed by atoms with van der Waals surface area (Å²) in [5.74, 6) is 0.712. The number of nitrogens with zero attached hydrogens (tertiary/aromatic N) is 3. The Morgan fingerprint density at radius 3 is 2.32 bits per heavy atom. The Kier molecular flexibility index (Phi) is 6.24. The van der Waals surface area contributed by atoms with Crippen LogP contribution in [0.1, 0.15) is 35.5 Å². The molecule has 3 amide bonds. The van der Waals surface area contributed by atoms with E-state index >= 15 is 0 Å². The minimum Gasteiger partial charge on any atom is -0.361 e. The molecule has 0 radical (unpaired) electrons. The van der Waals surface area contributed by atoms with E-state index in [9.17, 15) is 9.59 Å². The zero-order valence-electron chi connectivity index (χ0n) is 16.4. The SMILES string of the molecule is Cc1noc(C)c1CC(=O)N1CCN(C(=O)NC(C)c2ccc(Cl)cc2)CC1. The number of halogens is 1. The molecule has 0 aliphatic carbocycles. The largest absolute Gasteiger partial charge is 0.361 e. The maximum absolute atomic E-state index is 12.6. The number of amides is 3. The Bertz CT molecular complexity index is 822. The third-order valence-electron chi connectivity index (χ3n) is 5.14. The molecule has 8 heteroatoms. The molecule has 2 aromatic rings. The van der Waals surface area contributed by atoms with Crippen LogP contribution in [-0.4, -0.2) is 53.1 Å². The van der Waals surface area contributed by atoms with Crippen molar-refractivity contribution in [1.82, 2.24) is 20.3 Å². The minimum absolute atomic E-state index is 0.0315. The molecule has 1 atom stereocenters. The van der Waals surface area contributed by atoms with Gasteiger partial charge in [-0.1, -0.05) is 28.9 Å². The second kappa shape index (κ2) is 8.65. The highest BCUT2D eigenvalue weighted by Gasteiger charge is 2.26. The lowest BCUT2D eigenvalue weighted by molar-refractivity contribution is -0.131. The van der Waals surface area contributed by atoms with E-state index in [0.717, 1.165) is 16.8 Å². The van der Waals surface area contributed by atoms with Gasteiger partial charge in [0.05, 0.1) is 18.2 Å². The Hall–Kier alpha value is -2.54. The Balaban J connectivity index is 1.49. The van der Waals surface area contributed by atoms with Crippen molar-refractivity contribution < 1.29 is 14.1 Å². The second-order valence-electron chi connectivity index (χ2n) is 7.07. The van der Waals surface area contributed by atoms with Crippen molar-refractivity contribution in [3.05, 3.63) is 51.9 Å². The van der Waals surface area contributed by atoms with Crippen molar-refractivity contribution in [2.45, 2.75) is 33.2 Å².